The maximum atomic E-state index is 13.5. The summed E-state index contributed by atoms with van der Waals surface area (Å²) in [4.78, 5) is 0.226. The van der Waals surface area contributed by atoms with Crippen LogP contribution in [0.5, 0.6) is 0 Å². The maximum absolute atomic E-state index is 13.5. The van der Waals surface area contributed by atoms with Crippen molar-refractivity contribution in [3.05, 3.63) is 29.8 Å². The van der Waals surface area contributed by atoms with Gasteiger partial charge in [-0.15, -0.1) is 0 Å². The van der Waals surface area contributed by atoms with Crippen LogP contribution in [0.3, 0.4) is 0 Å². The molecule has 37 heavy (non-hydrogen) atoms. The fraction of sp³-hybridized carbons (Fsp3) is 0.778. The third-order valence-electron chi connectivity index (χ3n) is 8.10. The van der Waals surface area contributed by atoms with Gasteiger partial charge in [-0.1, -0.05) is 46.8 Å². The molecule has 1 N–H and O–H groups in total. The summed E-state index contributed by atoms with van der Waals surface area (Å²) in [6.45, 7) is 12.1. The Hall–Kier alpha value is -1.04. The molecule has 8 nitrogen and oxygen atoms in total. The van der Waals surface area contributed by atoms with Crippen LogP contribution in [0, 0.1) is 5.41 Å². The highest BCUT2D eigenvalue weighted by molar-refractivity contribution is 7.91. The molecular weight excluding hydrogens is 512 g/mol. The third-order valence-corrected chi connectivity index (χ3v) is 12.7. The summed E-state index contributed by atoms with van der Waals surface area (Å²) in [5.74, 6) is 0. The Bertz CT molecular complexity index is 976. The van der Waals surface area contributed by atoms with Gasteiger partial charge in [-0.05, 0) is 68.1 Å². The lowest BCUT2D eigenvalue weighted by Gasteiger charge is -2.46. The summed E-state index contributed by atoms with van der Waals surface area (Å²) in [6, 6.07) is 6.73. The minimum Gasteiger partial charge on any atom is -0.385 e. The Labute approximate surface area is 226 Å². The van der Waals surface area contributed by atoms with Gasteiger partial charge in [0.2, 0.25) is 20.0 Å². The van der Waals surface area contributed by atoms with Crippen LogP contribution >= 0.6 is 0 Å². The van der Waals surface area contributed by atoms with Crippen LogP contribution in [0.2, 0.25) is 0 Å². The highest BCUT2D eigenvalue weighted by Gasteiger charge is 2.52. The molecule has 1 aromatic rings. The van der Waals surface area contributed by atoms with E-state index in [4.69, 9.17) is 9.47 Å². The van der Waals surface area contributed by atoms with Gasteiger partial charge in [-0.3, -0.25) is 0 Å². The molecule has 1 rings (SSSR count). The summed E-state index contributed by atoms with van der Waals surface area (Å²) < 4.78 is 67.3. The Balaban J connectivity index is 2.97. The van der Waals surface area contributed by atoms with E-state index in [0.717, 1.165) is 18.4 Å². The molecule has 0 heterocycles. The first-order valence-electron chi connectivity index (χ1n) is 13.5. The van der Waals surface area contributed by atoms with E-state index in [2.05, 4.69) is 25.5 Å². The molecule has 0 saturated heterocycles. The number of sulfonamides is 2. The fourth-order valence-corrected chi connectivity index (χ4v) is 9.13. The summed E-state index contributed by atoms with van der Waals surface area (Å²) in [7, 11) is -4.04. The molecule has 216 valence electrons. The molecular formula is C27H50N2O6S2. The molecule has 0 aromatic heterocycles. The Kier molecular flexibility index (Phi) is 14.3. The van der Waals surface area contributed by atoms with Crippen molar-refractivity contribution in [3.63, 3.8) is 0 Å². The van der Waals surface area contributed by atoms with E-state index in [1.165, 1.54) is 4.31 Å². The minimum atomic E-state index is -3.66. The van der Waals surface area contributed by atoms with Crippen LogP contribution < -0.4 is 4.72 Å². The van der Waals surface area contributed by atoms with Crippen molar-refractivity contribution in [2.24, 2.45) is 5.41 Å². The van der Waals surface area contributed by atoms with Crippen molar-refractivity contribution in [2.75, 3.05) is 47.1 Å². The molecule has 0 bridgehead atoms. The molecule has 1 aromatic carbocycles. The largest absolute Gasteiger partial charge is 0.385 e. The molecule has 0 aliphatic carbocycles. The van der Waals surface area contributed by atoms with Crippen LogP contribution in [-0.4, -0.2) is 73.0 Å². The number of hydrogen-bond acceptors (Lipinski definition) is 6. The van der Waals surface area contributed by atoms with E-state index >= 15 is 0 Å². The molecule has 10 heteroatoms. The normalized spacial score (nSPS) is 13.4. The van der Waals surface area contributed by atoms with Gasteiger partial charge in [0, 0.05) is 47.1 Å². The lowest BCUT2D eigenvalue weighted by Crippen LogP contribution is -2.56. The first kappa shape index (κ1) is 34.0. The zero-order chi connectivity index (χ0) is 28.2. The van der Waals surface area contributed by atoms with Gasteiger partial charge in [0.25, 0.3) is 0 Å². The zero-order valence-corrected chi connectivity index (χ0v) is 25.6. The van der Waals surface area contributed by atoms with Crippen molar-refractivity contribution < 1.29 is 26.3 Å². The first-order chi connectivity index (χ1) is 17.4. The third kappa shape index (κ3) is 8.22. The zero-order valence-electron chi connectivity index (χ0n) is 24.0. The predicted octanol–water partition coefficient (Wildman–Crippen LogP) is 4.60. The van der Waals surface area contributed by atoms with Crippen molar-refractivity contribution in [3.8, 4) is 0 Å². The number of benzene rings is 1. The Morgan fingerprint density at radius 3 is 1.70 bits per heavy atom. The highest BCUT2D eigenvalue weighted by Crippen LogP contribution is 2.47. The van der Waals surface area contributed by atoms with Crippen LogP contribution in [0.4, 0.5) is 0 Å². The monoisotopic (exact) mass is 562 g/mol. The van der Waals surface area contributed by atoms with Gasteiger partial charge in [0.05, 0.1) is 9.64 Å². The summed E-state index contributed by atoms with van der Waals surface area (Å²) in [5.41, 5.74) is 0.552. The van der Waals surface area contributed by atoms with Crippen molar-refractivity contribution >= 4 is 20.0 Å². The molecule has 0 fully saturated rings. The molecule has 0 amide bonds. The number of methoxy groups -OCH3 is 2. The molecule has 0 saturated carbocycles. The van der Waals surface area contributed by atoms with Gasteiger partial charge in [-0.2, -0.15) is 4.31 Å². The molecule has 0 aliphatic heterocycles. The minimum absolute atomic E-state index is 0.226. The lowest BCUT2D eigenvalue weighted by molar-refractivity contribution is 0.175. The van der Waals surface area contributed by atoms with E-state index in [9.17, 15) is 16.8 Å². The summed E-state index contributed by atoms with van der Waals surface area (Å²) in [5, 5.41) is 0. The van der Waals surface area contributed by atoms with Gasteiger partial charge in [0.1, 0.15) is 0 Å². The lowest BCUT2D eigenvalue weighted by atomic mass is 9.69. The van der Waals surface area contributed by atoms with Crippen molar-refractivity contribution in [1.82, 2.24) is 9.03 Å². The Morgan fingerprint density at radius 1 is 0.811 bits per heavy atom. The molecule has 0 atom stereocenters. The van der Waals surface area contributed by atoms with E-state index in [0.29, 0.717) is 58.4 Å². The van der Waals surface area contributed by atoms with Gasteiger partial charge in [0.15, 0.2) is 0 Å². The smallest absolute Gasteiger partial charge is 0.243 e. The average Bonchev–Trinajstić information content (AvgIpc) is 2.88. The first-order valence-corrected chi connectivity index (χ1v) is 16.4. The van der Waals surface area contributed by atoms with Gasteiger partial charge < -0.3 is 9.47 Å². The summed E-state index contributed by atoms with van der Waals surface area (Å²) >= 11 is 0. The SMILES string of the molecule is CCC(C)(CC)C(CC)(CC)S(=O)(=O)NCCc1ccc(S(=O)(=O)N(CCCOC)CCCOC)cc1. The molecule has 0 unspecified atom stereocenters. The predicted molar refractivity (Wildman–Crippen MR) is 151 cm³/mol. The fourth-order valence-electron chi connectivity index (χ4n) is 5.27. The second kappa shape index (κ2) is 15.5. The standard InChI is InChI=1S/C27H50N2O6S2/c1-8-26(5,9-2)27(10-3,11-4)37(32,33)28-19-18-24-14-16-25(17-15-24)36(30,31)29(20-12-22-34-6)21-13-23-35-7/h14-17,28H,8-13,18-23H2,1-7H3. The number of nitrogens with zero attached hydrogens (tertiary/aromatic N) is 1. The number of ether oxygens (including phenoxy) is 2. The second-order valence-electron chi connectivity index (χ2n) is 9.86. The van der Waals surface area contributed by atoms with E-state index in [1.807, 2.05) is 13.8 Å². The maximum Gasteiger partial charge on any atom is 0.243 e. The number of rotatable bonds is 20. The highest BCUT2D eigenvalue weighted by atomic mass is 32.2. The van der Waals surface area contributed by atoms with Crippen molar-refractivity contribution in [2.45, 2.75) is 89.2 Å². The quantitative estimate of drug-likeness (QED) is 0.233. The van der Waals surface area contributed by atoms with E-state index in [-0.39, 0.29) is 16.9 Å². The number of nitrogens with one attached hydrogen (secondary N) is 1. The Morgan fingerprint density at radius 2 is 1.30 bits per heavy atom. The van der Waals surface area contributed by atoms with Crippen LogP contribution in [-0.2, 0) is 35.9 Å². The second-order valence-corrected chi connectivity index (χ2v) is 13.9. The molecule has 0 radical (unpaired) electrons. The molecule has 0 spiro atoms. The number of hydrogen-bond donors (Lipinski definition) is 1. The van der Waals surface area contributed by atoms with Gasteiger partial charge in [-0.25, -0.2) is 21.6 Å². The van der Waals surface area contributed by atoms with Crippen LogP contribution in [0.15, 0.2) is 29.2 Å². The van der Waals surface area contributed by atoms with Crippen molar-refractivity contribution in [1.29, 1.82) is 0 Å². The van der Waals surface area contributed by atoms with E-state index < -0.39 is 24.8 Å². The summed E-state index contributed by atoms with van der Waals surface area (Å²) in [6.07, 6.45) is 4.36. The van der Waals surface area contributed by atoms with Crippen LogP contribution in [0.1, 0.15) is 78.7 Å². The van der Waals surface area contributed by atoms with E-state index in [1.54, 1.807) is 38.5 Å². The molecule has 0 aliphatic rings. The topological polar surface area (TPSA) is 102 Å². The van der Waals surface area contributed by atoms with Crippen LogP contribution in [0.25, 0.3) is 0 Å². The van der Waals surface area contributed by atoms with Gasteiger partial charge >= 0.3 is 0 Å². The average molecular weight is 563 g/mol.